The average Bonchev–Trinajstić information content (AvgIpc) is 3.14. The molecular formula is C22H21N5O3. The first-order valence-electron chi connectivity index (χ1n) is 9.47. The third-order valence-corrected chi connectivity index (χ3v) is 4.76. The number of methoxy groups -OCH3 is 1. The fraction of sp³-hybridized carbons (Fsp3) is 0.182. The Morgan fingerprint density at radius 2 is 2.00 bits per heavy atom. The number of aromatic nitrogens is 4. The fourth-order valence-corrected chi connectivity index (χ4v) is 3.29. The highest BCUT2D eigenvalue weighted by Crippen LogP contribution is 2.19. The van der Waals surface area contributed by atoms with E-state index in [-0.39, 0.29) is 17.5 Å². The molecule has 0 aliphatic carbocycles. The van der Waals surface area contributed by atoms with Crippen LogP contribution in [-0.4, -0.2) is 32.6 Å². The average molecular weight is 403 g/mol. The van der Waals surface area contributed by atoms with Crippen molar-refractivity contribution in [2.75, 3.05) is 7.11 Å². The SMILES string of the molecule is COc1ccc(C(=O)N[C@@H](Cc2cc(=O)n3[nH]c(C)cc3n2)c2ccccc2)cn1. The van der Waals surface area contributed by atoms with Crippen LogP contribution in [0.2, 0.25) is 0 Å². The van der Waals surface area contributed by atoms with Gasteiger partial charge < -0.3 is 10.1 Å². The van der Waals surface area contributed by atoms with Gasteiger partial charge in [0.1, 0.15) is 0 Å². The van der Waals surface area contributed by atoms with E-state index in [9.17, 15) is 9.59 Å². The lowest BCUT2D eigenvalue weighted by atomic mass is 10.0. The van der Waals surface area contributed by atoms with Crippen molar-refractivity contribution in [1.82, 2.24) is 24.9 Å². The van der Waals surface area contributed by atoms with E-state index in [1.807, 2.05) is 43.3 Å². The molecule has 0 saturated heterocycles. The Bertz CT molecular complexity index is 1230. The Morgan fingerprint density at radius 1 is 1.20 bits per heavy atom. The zero-order chi connectivity index (χ0) is 21.1. The van der Waals surface area contributed by atoms with Crippen molar-refractivity contribution in [2.45, 2.75) is 19.4 Å². The molecule has 0 radical (unpaired) electrons. The minimum atomic E-state index is -0.366. The zero-order valence-electron chi connectivity index (χ0n) is 16.6. The van der Waals surface area contributed by atoms with E-state index in [1.165, 1.54) is 23.9 Å². The first-order chi connectivity index (χ1) is 14.5. The van der Waals surface area contributed by atoms with Crippen LogP contribution < -0.4 is 15.6 Å². The normalized spacial score (nSPS) is 11.9. The second kappa shape index (κ2) is 8.20. The maximum Gasteiger partial charge on any atom is 0.272 e. The minimum Gasteiger partial charge on any atom is -0.481 e. The highest BCUT2D eigenvalue weighted by molar-refractivity contribution is 5.94. The number of pyridine rings is 1. The highest BCUT2D eigenvalue weighted by Gasteiger charge is 2.18. The number of hydrogen-bond acceptors (Lipinski definition) is 5. The molecule has 0 saturated carbocycles. The fourth-order valence-electron chi connectivity index (χ4n) is 3.29. The third-order valence-electron chi connectivity index (χ3n) is 4.76. The van der Waals surface area contributed by atoms with Crippen LogP contribution in [-0.2, 0) is 6.42 Å². The van der Waals surface area contributed by atoms with Crippen LogP contribution in [0.15, 0.2) is 65.6 Å². The van der Waals surface area contributed by atoms with Crippen LogP contribution >= 0.6 is 0 Å². The minimum absolute atomic E-state index is 0.194. The number of aryl methyl sites for hydroxylation is 1. The number of aromatic amines is 1. The van der Waals surface area contributed by atoms with E-state index < -0.39 is 0 Å². The van der Waals surface area contributed by atoms with Gasteiger partial charge in [-0.15, -0.1) is 0 Å². The van der Waals surface area contributed by atoms with Gasteiger partial charge in [-0.1, -0.05) is 30.3 Å². The summed E-state index contributed by atoms with van der Waals surface area (Å²) in [7, 11) is 1.52. The summed E-state index contributed by atoms with van der Waals surface area (Å²) in [5.74, 6) is 0.167. The largest absolute Gasteiger partial charge is 0.481 e. The predicted octanol–water partition coefficient (Wildman–Crippen LogP) is 2.45. The summed E-state index contributed by atoms with van der Waals surface area (Å²) in [5.41, 5.74) is 3.13. The summed E-state index contributed by atoms with van der Waals surface area (Å²) in [6, 6.07) is 15.8. The molecule has 0 fully saturated rings. The summed E-state index contributed by atoms with van der Waals surface area (Å²) < 4.78 is 6.44. The van der Waals surface area contributed by atoms with E-state index in [0.29, 0.717) is 29.2 Å². The molecule has 8 heteroatoms. The van der Waals surface area contributed by atoms with Gasteiger partial charge in [0.05, 0.1) is 24.4 Å². The Kier molecular flexibility index (Phi) is 5.30. The van der Waals surface area contributed by atoms with Gasteiger partial charge in [0.2, 0.25) is 5.88 Å². The number of nitrogens with zero attached hydrogens (tertiary/aromatic N) is 3. The molecule has 1 aromatic carbocycles. The summed E-state index contributed by atoms with van der Waals surface area (Å²) in [6.07, 6.45) is 1.84. The number of ether oxygens (including phenoxy) is 1. The van der Waals surface area contributed by atoms with Gasteiger partial charge in [-0.05, 0) is 18.6 Å². The lowest BCUT2D eigenvalue weighted by Crippen LogP contribution is -2.30. The summed E-state index contributed by atoms with van der Waals surface area (Å²) in [6.45, 7) is 1.86. The lowest BCUT2D eigenvalue weighted by molar-refractivity contribution is 0.0936. The summed E-state index contributed by atoms with van der Waals surface area (Å²) >= 11 is 0. The predicted molar refractivity (Wildman–Crippen MR) is 112 cm³/mol. The molecule has 152 valence electrons. The number of fused-ring (bicyclic) bond motifs is 1. The van der Waals surface area contributed by atoms with E-state index >= 15 is 0 Å². The lowest BCUT2D eigenvalue weighted by Gasteiger charge is -2.19. The third kappa shape index (κ3) is 4.07. The summed E-state index contributed by atoms with van der Waals surface area (Å²) in [5, 5.41) is 5.99. The number of rotatable bonds is 6. The van der Waals surface area contributed by atoms with Crippen LogP contribution in [0.5, 0.6) is 5.88 Å². The number of benzene rings is 1. The van der Waals surface area contributed by atoms with E-state index in [4.69, 9.17) is 4.74 Å². The van der Waals surface area contributed by atoms with E-state index in [1.54, 1.807) is 12.1 Å². The van der Waals surface area contributed by atoms with Crippen molar-refractivity contribution in [3.8, 4) is 5.88 Å². The molecule has 8 nitrogen and oxygen atoms in total. The Hall–Kier alpha value is -3.94. The van der Waals surface area contributed by atoms with Gasteiger partial charge >= 0.3 is 0 Å². The van der Waals surface area contributed by atoms with E-state index in [2.05, 4.69) is 20.4 Å². The molecule has 1 amide bonds. The molecule has 3 heterocycles. The van der Waals surface area contributed by atoms with Crippen molar-refractivity contribution in [1.29, 1.82) is 0 Å². The number of hydrogen-bond donors (Lipinski definition) is 2. The molecule has 3 aromatic heterocycles. The number of H-pyrrole nitrogens is 1. The molecule has 0 bridgehead atoms. The molecule has 1 atom stereocenters. The summed E-state index contributed by atoms with van der Waals surface area (Å²) in [4.78, 5) is 33.9. The quantitative estimate of drug-likeness (QED) is 0.515. The van der Waals surface area contributed by atoms with Gasteiger partial charge in [-0.2, -0.15) is 0 Å². The monoisotopic (exact) mass is 403 g/mol. The Labute approximate surface area is 172 Å². The number of carbonyl (C=O) groups is 1. The first kappa shape index (κ1) is 19.4. The molecule has 4 aromatic rings. The zero-order valence-corrected chi connectivity index (χ0v) is 16.6. The molecule has 0 spiro atoms. The molecule has 2 N–H and O–H groups in total. The molecule has 0 aliphatic rings. The van der Waals surface area contributed by atoms with Crippen molar-refractivity contribution in [3.63, 3.8) is 0 Å². The van der Waals surface area contributed by atoms with Crippen molar-refractivity contribution in [2.24, 2.45) is 0 Å². The smallest absolute Gasteiger partial charge is 0.272 e. The second-order valence-electron chi connectivity index (χ2n) is 6.95. The Balaban J connectivity index is 1.63. The Morgan fingerprint density at radius 3 is 2.70 bits per heavy atom. The molecule has 0 aliphatic heterocycles. The van der Waals surface area contributed by atoms with Crippen LogP contribution in [0.1, 0.15) is 33.4 Å². The maximum absolute atomic E-state index is 12.8. The second-order valence-corrected chi connectivity index (χ2v) is 6.95. The van der Waals surface area contributed by atoms with Crippen molar-refractivity contribution in [3.05, 3.63) is 93.7 Å². The number of carbonyl (C=O) groups excluding carboxylic acids is 1. The number of amides is 1. The number of nitrogens with one attached hydrogen (secondary N) is 2. The molecule has 0 unspecified atom stereocenters. The van der Waals surface area contributed by atoms with Gasteiger partial charge in [0.15, 0.2) is 5.65 Å². The van der Waals surface area contributed by atoms with Gasteiger partial charge in [-0.3, -0.25) is 14.7 Å². The van der Waals surface area contributed by atoms with Gasteiger partial charge in [0, 0.05) is 36.5 Å². The van der Waals surface area contributed by atoms with Crippen LogP contribution in [0, 0.1) is 6.92 Å². The molecule has 4 rings (SSSR count). The van der Waals surface area contributed by atoms with Crippen LogP contribution in [0.25, 0.3) is 5.65 Å². The van der Waals surface area contributed by atoms with Gasteiger partial charge in [-0.25, -0.2) is 14.5 Å². The topological polar surface area (TPSA) is 101 Å². The van der Waals surface area contributed by atoms with Crippen LogP contribution in [0.3, 0.4) is 0 Å². The highest BCUT2D eigenvalue weighted by atomic mass is 16.5. The molecular weight excluding hydrogens is 382 g/mol. The van der Waals surface area contributed by atoms with E-state index in [0.717, 1.165) is 11.3 Å². The van der Waals surface area contributed by atoms with Crippen molar-refractivity contribution >= 4 is 11.6 Å². The van der Waals surface area contributed by atoms with Crippen molar-refractivity contribution < 1.29 is 9.53 Å². The molecule has 30 heavy (non-hydrogen) atoms. The standard InChI is InChI=1S/C22H21N5O3/c1-14-10-19-24-17(12-21(28)27(19)26-14)11-18(15-6-4-3-5-7-15)25-22(29)16-8-9-20(30-2)23-13-16/h3-10,12-13,18,26H,11H2,1-2H3,(H,25,29)/t18-/m0/s1. The first-order valence-corrected chi connectivity index (χ1v) is 9.47. The maximum atomic E-state index is 12.8. The van der Waals surface area contributed by atoms with Crippen LogP contribution in [0.4, 0.5) is 0 Å². The van der Waals surface area contributed by atoms with Gasteiger partial charge in [0.25, 0.3) is 11.5 Å².